The fraction of sp³-hybridized carbons (Fsp3) is 0.389. The van der Waals surface area contributed by atoms with E-state index in [-0.39, 0.29) is 24.2 Å². The van der Waals surface area contributed by atoms with Gasteiger partial charge >= 0.3 is 6.01 Å². The van der Waals surface area contributed by atoms with Crippen molar-refractivity contribution in [3.63, 3.8) is 0 Å². The SMILES string of the molecule is COc1ncc(C(=O)N2CCC[C@H](O)[C@@H]2Cc2ccccc2F)cn1. The van der Waals surface area contributed by atoms with E-state index in [9.17, 15) is 14.3 Å². The van der Waals surface area contributed by atoms with Crippen LogP contribution in [-0.2, 0) is 6.42 Å². The first-order chi connectivity index (χ1) is 12.1. The van der Waals surface area contributed by atoms with Gasteiger partial charge in [-0.3, -0.25) is 4.79 Å². The van der Waals surface area contributed by atoms with Crippen molar-refractivity contribution in [3.05, 3.63) is 53.6 Å². The third-order valence-corrected chi connectivity index (χ3v) is 4.45. The number of methoxy groups -OCH3 is 1. The lowest BCUT2D eigenvalue weighted by Gasteiger charge is -2.39. The Balaban J connectivity index is 1.83. The average molecular weight is 345 g/mol. The average Bonchev–Trinajstić information content (AvgIpc) is 2.64. The fourth-order valence-corrected chi connectivity index (χ4v) is 3.12. The minimum absolute atomic E-state index is 0.179. The Morgan fingerprint density at radius 3 is 2.76 bits per heavy atom. The third-order valence-electron chi connectivity index (χ3n) is 4.45. The summed E-state index contributed by atoms with van der Waals surface area (Å²) in [5, 5.41) is 10.4. The molecule has 3 rings (SSSR count). The number of benzene rings is 1. The van der Waals surface area contributed by atoms with E-state index in [0.29, 0.717) is 30.5 Å². The van der Waals surface area contributed by atoms with Crippen LogP contribution < -0.4 is 4.74 Å². The van der Waals surface area contributed by atoms with Gasteiger partial charge in [0.25, 0.3) is 5.91 Å². The molecule has 1 aliphatic heterocycles. The molecule has 0 unspecified atom stereocenters. The van der Waals surface area contributed by atoms with Crippen molar-refractivity contribution in [2.45, 2.75) is 31.4 Å². The molecule has 0 radical (unpaired) electrons. The number of aliphatic hydroxyl groups excluding tert-OH is 1. The third kappa shape index (κ3) is 3.76. The van der Waals surface area contributed by atoms with Crippen LogP contribution >= 0.6 is 0 Å². The summed E-state index contributed by atoms with van der Waals surface area (Å²) < 4.78 is 18.9. The Bertz CT molecular complexity index is 739. The van der Waals surface area contributed by atoms with Crippen molar-refractivity contribution in [1.82, 2.24) is 14.9 Å². The maximum atomic E-state index is 14.0. The van der Waals surface area contributed by atoms with Crippen LogP contribution in [0.4, 0.5) is 4.39 Å². The molecule has 1 N–H and O–H groups in total. The number of nitrogens with zero attached hydrogens (tertiary/aromatic N) is 3. The second-order valence-corrected chi connectivity index (χ2v) is 6.03. The highest BCUT2D eigenvalue weighted by atomic mass is 19.1. The summed E-state index contributed by atoms with van der Waals surface area (Å²) >= 11 is 0. The zero-order chi connectivity index (χ0) is 17.8. The highest BCUT2D eigenvalue weighted by molar-refractivity contribution is 5.94. The molecule has 2 aromatic rings. The zero-order valence-electron chi connectivity index (χ0n) is 13.9. The molecule has 25 heavy (non-hydrogen) atoms. The number of hydrogen-bond acceptors (Lipinski definition) is 5. The largest absolute Gasteiger partial charge is 0.467 e. The molecule has 0 aliphatic carbocycles. The van der Waals surface area contributed by atoms with E-state index in [0.717, 1.165) is 0 Å². The number of carbonyl (C=O) groups excluding carboxylic acids is 1. The first-order valence-corrected chi connectivity index (χ1v) is 8.18. The van der Waals surface area contributed by atoms with Gasteiger partial charge < -0.3 is 14.7 Å². The van der Waals surface area contributed by atoms with Crippen LogP contribution in [0.5, 0.6) is 6.01 Å². The van der Waals surface area contributed by atoms with Gasteiger partial charge in [0.05, 0.1) is 24.8 Å². The number of aliphatic hydroxyl groups is 1. The Morgan fingerprint density at radius 1 is 1.36 bits per heavy atom. The number of halogens is 1. The van der Waals surface area contributed by atoms with Crippen LogP contribution in [-0.4, -0.2) is 51.7 Å². The van der Waals surface area contributed by atoms with E-state index in [1.54, 1.807) is 23.1 Å². The number of aromatic nitrogens is 2. The molecule has 0 saturated carbocycles. The molecule has 1 aromatic carbocycles. The first-order valence-electron chi connectivity index (χ1n) is 8.18. The van der Waals surface area contributed by atoms with Crippen molar-refractivity contribution >= 4 is 5.91 Å². The standard InChI is InChI=1S/C18H20FN3O3/c1-25-18-20-10-13(11-21-18)17(24)22-8-4-7-16(23)15(22)9-12-5-2-3-6-14(12)19/h2-3,5-6,10-11,15-16,23H,4,7-9H2,1H3/t15-,16-/m0/s1. The van der Waals surface area contributed by atoms with Gasteiger partial charge in [-0.1, -0.05) is 18.2 Å². The Morgan fingerprint density at radius 2 is 2.08 bits per heavy atom. The predicted molar refractivity (Wildman–Crippen MR) is 88.8 cm³/mol. The van der Waals surface area contributed by atoms with E-state index >= 15 is 0 Å². The number of piperidine rings is 1. The molecule has 1 saturated heterocycles. The van der Waals surface area contributed by atoms with Crippen molar-refractivity contribution in [2.75, 3.05) is 13.7 Å². The normalized spacial score (nSPS) is 20.4. The second kappa shape index (κ2) is 7.57. The second-order valence-electron chi connectivity index (χ2n) is 6.03. The monoisotopic (exact) mass is 345 g/mol. The molecular formula is C18H20FN3O3. The minimum atomic E-state index is -0.698. The van der Waals surface area contributed by atoms with Gasteiger partial charge in [-0.05, 0) is 30.9 Å². The summed E-state index contributed by atoms with van der Waals surface area (Å²) in [5.74, 6) is -0.608. The van der Waals surface area contributed by atoms with Crippen molar-refractivity contribution in [2.24, 2.45) is 0 Å². The number of carbonyl (C=O) groups is 1. The van der Waals surface area contributed by atoms with E-state index in [2.05, 4.69) is 9.97 Å². The van der Waals surface area contributed by atoms with Crippen molar-refractivity contribution < 1.29 is 19.0 Å². The Hall–Kier alpha value is -2.54. The smallest absolute Gasteiger partial charge is 0.316 e. The number of amides is 1. The van der Waals surface area contributed by atoms with Crippen LogP contribution in [0.3, 0.4) is 0 Å². The van der Waals surface area contributed by atoms with Gasteiger partial charge in [0.2, 0.25) is 0 Å². The highest BCUT2D eigenvalue weighted by Gasteiger charge is 2.34. The van der Waals surface area contributed by atoms with Gasteiger partial charge in [0.1, 0.15) is 5.82 Å². The molecule has 0 bridgehead atoms. The topological polar surface area (TPSA) is 75.5 Å². The van der Waals surface area contributed by atoms with Crippen LogP contribution in [0.15, 0.2) is 36.7 Å². The highest BCUT2D eigenvalue weighted by Crippen LogP contribution is 2.24. The predicted octanol–water partition coefficient (Wildman–Crippen LogP) is 1.83. The lowest BCUT2D eigenvalue weighted by atomic mass is 9.92. The van der Waals surface area contributed by atoms with E-state index < -0.39 is 12.1 Å². The van der Waals surface area contributed by atoms with Crippen LogP contribution in [0, 0.1) is 5.82 Å². The number of rotatable bonds is 4. The maximum Gasteiger partial charge on any atom is 0.316 e. The van der Waals surface area contributed by atoms with Gasteiger partial charge in [-0.2, -0.15) is 0 Å². The van der Waals surface area contributed by atoms with Crippen LogP contribution in [0.25, 0.3) is 0 Å². The van der Waals surface area contributed by atoms with Crippen molar-refractivity contribution in [3.8, 4) is 6.01 Å². The molecular weight excluding hydrogens is 325 g/mol. The minimum Gasteiger partial charge on any atom is -0.467 e. The summed E-state index contributed by atoms with van der Waals surface area (Å²) in [6, 6.07) is 6.12. The number of ether oxygens (including phenoxy) is 1. The van der Waals surface area contributed by atoms with Crippen LogP contribution in [0.1, 0.15) is 28.8 Å². The zero-order valence-corrected chi connectivity index (χ0v) is 13.9. The van der Waals surface area contributed by atoms with Gasteiger partial charge in [0, 0.05) is 18.9 Å². The molecule has 1 aromatic heterocycles. The molecule has 1 fully saturated rings. The molecule has 1 amide bonds. The summed E-state index contributed by atoms with van der Waals surface area (Å²) in [7, 11) is 1.45. The molecule has 6 nitrogen and oxygen atoms in total. The van der Waals surface area contributed by atoms with Gasteiger partial charge in [0.15, 0.2) is 0 Å². The van der Waals surface area contributed by atoms with E-state index in [1.165, 1.54) is 25.6 Å². The molecule has 0 spiro atoms. The first kappa shape index (κ1) is 17.3. The van der Waals surface area contributed by atoms with E-state index in [4.69, 9.17) is 4.74 Å². The molecule has 132 valence electrons. The van der Waals surface area contributed by atoms with Crippen molar-refractivity contribution in [1.29, 1.82) is 0 Å². The van der Waals surface area contributed by atoms with Crippen LogP contribution in [0.2, 0.25) is 0 Å². The summed E-state index contributed by atoms with van der Waals surface area (Å²) in [6.45, 7) is 0.501. The fourth-order valence-electron chi connectivity index (χ4n) is 3.12. The van der Waals surface area contributed by atoms with Gasteiger partial charge in [-0.25, -0.2) is 14.4 Å². The molecule has 2 atom stereocenters. The lowest BCUT2D eigenvalue weighted by Crippen LogP contribution is -2.52. The van der Waals surface area contributed by atoms with Gasteiger partial charge in [-0.15, -0.1) is 0 Å². The molecule has 2 heterocycles. The molecule has 7 heteroatoms. The Labute approximate surface area is 145 Å². The quantitative estimate of drug-likeness (QED) is 0.915. The summed E-state index contributed by atoms with van der Waals surface area (Å²) in [4.78, 5) is 22.3. The van der Waals surface area contributed by atoms with E-state index in [1.807, 2.05) is 0 Å². The summed E-state index contributed by atoms with van der Waals surface area (Å²) in [6.07, 6.45) is 3.64. The summed E-state index contributed by atoms with van der Waals surface area (Å²) in [5.41, 5.74) is 0.797. The number of likely N-dealkylation sites (tertiary alicyclic amines) is 1. The lowest BCUT2D eigenvalue weighted by molar-refractivity contribution is 0.0115. The Kier molecular flexibility index (Phi) is 5.23. The molecule has 1 aliphatic rings. The number of hydrogen-bond donors (Lipinski definition) is 1. The maximum absolute atomic E-state index is 14.0.